The van der Waals surface area contributed by atoms with Gasteiger partial charge in [0.15, 0.2) is 11.5 Å². The quantitative estimate of drug-likeness (QED) is 0.264. The Morgan fingerprint density at radius 3 is 2.53 bits per heavy atom. The van der Waals surface area contributed by atoms with E-state index in [-0.39, 0.29) is 24.8 Å². The Kier molecular flexibility index (Phi) is 15.9. The van der Waals surface area contributed by atoms with Crippen LogP contribution in [0.2, 0.25) is 0 Å². The van der Waals surface area contributed by atoms with Gasteiger partial charge >= 0.3 is 0 Å². The van der Waals surface area contributed by atoms with Crippen molar-refractivity contribution in [3.63, 3.8) is 0 Å². The summed E-state index contributed by atoms with van der Waals surface area (Å²) in [5.41, 5.74) is 4.25. The Hall–Kier alpha value is -0.980. The number of rotatable bonds is 15. The van der Waals surface area contributed by atoms with Crippen molar-refractivity contribution >= 4 is 36.2 Å². The molecule has 1 aliphatic rings. The number of fused-ring (bicyclic) bond motifs is 1. The fourth-order valence-electron chi connectivity index (χ4n) is 4.95. The van der Waals surface area contributed by atoms with Gasteiger partial charge in [0.05, 0.1) is 14.2 Å². The Morgan fingerprint density at radius 2 is 1.82 bits per heavy atom. The molecule has 0 amide bonds. The van der Waals surface area contributed by atoms with Crippen LogP contribution in [0.15, 0.2) is 29.0 Å². The summed E-state index contributed by atoms with van der Waals surface area (Å²) in [5, 5.41) is 8.01. The summed E-state index contributed by atoms with van der Waals surface area (Å²) in [5.74, 6) is 1.80. The molecule has 0 fully saturated rings. The summed E-state index contributed by atoms with van der Waals surface area (Å²) >= 11 is 1.79. The van der Waals surface area contributed by atoms with E-state index in [1.807, 2.05) is 0 Å². The van der Waals surface area contributed by atoms with Crippen molar-refractivity contribution in [2.75, 3.05) is 40.4 Å². The summed E-state index contributed by atoms with van der Waals surface area (Å²) < 4.78 is 11.2. The lowest BCUT2D eigenvalue weighted by atomic mass is 9.86. The van der Waals surface area contributed by atoms with Gasteiger partial charge in [0.2, 0.25) is 0 Å². The van der Waals surface area contributed by atoms with Crippen molar-refractivity contribution in [3.8, 4) is 11.5 Å². The van der Waals surface area contributed by atoms with Crippen LogP contribution in [0.1, 0.15) is 62.1 Å². The molecule has 0 bridgehead atoms. The molecular formula is C27H44Cl2N2O2S. The van der Waals surface area contributed by atoms with Crippen molar-refractivity contribution < 1.29 is 9.47 Å². The molecule has 2 aromatic rings. The predicted molar refractivity (Wildman–Crippen MR) is 151 cm³/mol. The Labute approximate surface area is 223 Å². The van der Waals surface area contributed by atoms with Crippen molar-refractivity contribution in [3.05, 3.63) is 45.6 Å². The molecule has 4 nitrogen and oxygen atoms in total. The maximum Gasteiger partial charge on any atom is 0.164 e. The molecule has 1 aromatic carbocycles. The normalized spacial score (nSPS) is 14.8. The van der Waals surface area contributed by atoms with Crippen LogP contribution in [0.3, 0.4) is 0 Å². The van der Waals surface area contributed by atoms with E-state index in [0.717, 1.165) is 43.9 Å². The summed E-state index contributed by atoms with van der Waals surface area (Å²) in [6.07, 6.45) is 11.1. The maximum atomic E-state index is 5.68. The summed E-state index contributed by atoms with van der Waals surface area (Å²) in [4.78, 5) is 2.75. The molecule has 1 aromatic heterocycles. The fourth-order valence-corrected chi connectivity index (χ4v) is 5.65. The zero-order valence-corrected chi connectivity index (χ0v) is 23.6. The second kappa shape index (κ2) is 17.4. The lowest BCUT2D eigenvalue weighted by molar-refractivity contribution is 0.175. The highest BCUT2D eigenvalue weighted by atomic mass is 35.5. The van der Waals surface area contributed by atoms with Crippen LogP contribution in [-0.2, 0) is 19.3 Å². The van der Waals surface area contributed by atoms with Gasteiger partial charge in [-0.15, -0.1) is 24.8 Å². The topological polar surface area (TPSA) is 33.7 Å². The van der Waals surface area contributed by atoms with Crippen molar-refractivity contribution in [1.82, 2.24) is 10.2 Å². The maximum absolute atomic E-state index is 5.68. The third-order valence-corrected chi connectivity index (χ3v) is 7.41. The monoisotopic (exact) mass is 530 g/mol. The third kappa shape index (κ3) is 9.23. The average Bonchev–Trinajstić information content (AvgIpc) is 3.34. The average molecular weight is 532 g/mol. The Balaban J connectivity index is 0.00000289. The first-order chi connectivity index (χ1) is 15.8. The van der Waals surface area contributed by atoms with Crippen LogP contribution in [0.25, 0.3) is 0 Å². The van der Waals surface area contributed by atoms with Crippen molar-refractivity contribution in [1.29, 1.82) is 0 Å². The number of methoxy groups -OCH3 is 2. The van der Waals surface area contributed by atoms with E-state index in [9.17, 15) is 0 Å². The molecular weight excluding hydrogens is 487 g/mol. The van der Waals surface area contributed by atoms with Gasteiger partial charge < -0.3 is 19.7 Å². The van der Waals surface area contributed by atoms with Crippen LogP contribution >= 0.6 is 36.2 Å². The van der Waals surface area contributed by atoms with Crippen LogP contribution in [0.5, 0.6) is 11.5 Å². The van der Waals surface area contributed by atoms with E-state index in [2.05, 4.69) is 46.1 Å². The minimum Gasteiger partial charge on any atom is -0.493 e. The Morgan fingerprint density at radius 1 is 1.00 bits per heavy atom. The number of benzene rings is 1. The van der Waals surface area contributed by atoms with E-state index >= 15 is 0 Å². The fraction of sp³-hybridized carbons (Fsp3) is 0.630. The Bertz CT molecular complexity index is 789. The van der Waals surface area contributed by atoms with Gasteiger partial charge in [0.1, 0.15) is 0 Å². The van der Waals surface area contributed by atoms with E-state index in [4.69, 9.17) is 9.47 Å². The number of nitrogens with zero attached hydrogens (tertiary/aromatic N) is 1. The molecule has 0 saturated heterocycles. The van der Waals surface area contributed by atoms with Gasteiger partial charge in [-0.2, -0.15) is 11.3 Å². The molecule has 0 aliphatic heterocycles. The highest BCUT2D eigenvalue weighted by Gasteiger charge is 2.26. The first-order valence-electron chi connectivity index (χ1n) is 12.4. The predicted octanol–water partition coefficient (Wildman–Crippen LogP) is 6.57. The number of thiophene rings is 1. The smallest absolute Gasteiger partial charge is 0.164 e. The van der Waals surface area contributed by atoms with Gasteiger partial charge in [-0.3, -0.25) is 0 Å². The summed E-state index contributed by atoms with van der Waals surface area (Å²) in [7, 11) is 3.48. The first-order valence-corrected chi connectivity index (χ1v) is 13.4. The molecule has 1 N–H and O–H groups in total. The van der Waals surface area contributed by atoms with E-state index in [0.29, 0.717) is 6.04 Å². The second-order valence-electron chi connectivity index (χ2n) is 8.92. The van der Waals surface area contributed by atoms with Gasteiger partial charge in [-0.05, 0) is 105 Å². The molecule has 194 valence electrons. The van der Waals surface area contributed by atoms with E-state index < -0.39 is 0 Å². The van der Waals surface area contributed by atoms with Crippen LogP contribution in [0.4, 0.5) is 0 Å². The number of hydrogen-bond donors (Lipinski definition) is 1. The SMILES string of the molecule is CCCN(CCCCCCNCCc1ccsc1)[C@H]1CCc2c(ccc(OC)c2OC)C1.Cl.Cl. The summed E-state index contributed by atoms with van der Waals surface area (Å²) in [6.45, 7) is 6.98. The lowest BCUT2D eigenvalue weighted by Gasteiger charge is -2.36. The number of unbranched alkanes of at least 4 members (excludes halogenated alkanes) is 3. The molecule has 7 heteroatoms. The van der Waals surface area contributed by atoms with E-state index in [1.165, 1.54) is 68.3 Å². The molecule has 0 unspecified atom stereocenters. The molecule has 0 saturated carbocycles. The number of halogens is 2. The zero-order valence-electron chi connectivity index (χ0n) is 21.1. The summed E-state index contributed by atoms with van der Waals surface area (Å²) in [6, 6.07) is 7.20. The molecule has 1 heterocycles. The second-order valence-corrected chi connectivity index (χ2v) is 9.70. The van der Waals surface area contributed by atoms with Gasteiger partial charge in [-0.25, -0.2) is 0 Å². The number of ether oxygens (including phenoxy) is 2. The molecule has 1 atom stereocenters. The third-order valence-electron chi connectivity index (χ3n) is 6.68. The molecule has 0 spiro atoms. The lowest BCUT2D eigenvalue weighted by Crippen LogP contribution is -2.40. The molecule has 0 radical (unpaired) electrons. The first kappa shape index (κ1) is 31.1. The number of hydrogen-bond acceptors (Lipinski definition) is 5. The molecule has 3 rings (SSSR count). The van der Waals surface area contributed by atoms with Crippen LogP contribution in [0, 0.1) is 0 Å². The van der Waals surface area contributed by atoms with Crippen LogP contribution in [-0.4, -0.2) is 51.3 Å². The van der Waals surface area contributed by atoms with Gasteiger partial charge in [0.25, 0.3) is 0 Å². The van der Waals surface area contributed by atoms with Gasteiger partial charge in [-0.1, -0.05) is 25.8 Å². The van der Waals surface area contributed by atoms with Gasteiger partial charge in [0, 0.05) is 11.6 Å². The molecule has 34 heavy (non-hydrogen) atoms. The zero-order chi connectivity index (χ0) is 22.6. The standard InChI is InChI=1S/C27H42N2O2S.2ClH/c1-4-17-29(18-8-6-5-7-15-28-16-13-22-14-19-32-21-22)24-10-11-25-23(20-24)9-12-26(30-2)27(25)31-3;;/h9,12,14,19,21,24,28H,4-8,10-11,13,15-18,20H2,1-3H3;2*1H/t24-;;/m0../s1. The van der Waals surface area contributed by atoms with Crippen molar-refractivity contribution in [2.24, 2.45) is 0 Å². The molecule has 1 aliphatic carbocycles. The van der Waals surface area contributed by atoms with Crippen molar-refractivity contribution in [2.45, 2.75) is 70.8 Å². The minimum absolute atomic E-state index is 0. The highest BCUT2D eigenvalue weighted by molar-refractivity contribution is 7.07. The van der Waals surface area contributed by atoms with E-state index in [1.54, 1.807) is 25.6 Å². The largest absolute Gasteiger partial charge is 0.493 e. The highest BCUT2D eigenvalue weighted by Crippen LogP contribution is 2.38. The number of nitrogens with one attached hydrogen (secondary N) is 1. The van der Waals surface area contributed by atoms with Crippen LogP contribution < -0.4 is 14.8 Å². The minimum atomic E-state index is 0.